The quantitative estimate of drug-likeness (QED) is 0.502. The number of rotatable bonds is 4. The summed E-state index contributed by atoms with van der Waals surface area (Å²) in [6.07, 6.45) is 3.99. The zero-order valence-corrected chi connectivity index (χ0v) is 9.68. The summed E-state index contributed by atoms with van der Waals surface area (Å²) >= 11 is 7.20. The average Bonchev–Trinajstić information content (AvgIpc) is 2.67. The summed E-state index contributed by atoms with van der Waals surface area (Å²) in [6, 6.07) is 8.03. The molecule has 0 bridgehead atoms. The van der Waals surface area contributed by atoms with Crippen LogP contribution in [0.15, 0.2) is 41.6 Å². The van der Waals surface area contributed by atoms with Crippen LogP contribution in [0, 0.1) is 0 Å². The molecule has 0 aliphatic heterocycles. The number of aromatic nitrogens is 2. The van der Waals surface area contributed by atoms with Crippen molar-refractivity contribution in [2.45, 2.75) is 5.16 Å². The SMILES string of the molecule is ClCC=CCSc1nc2ccccc2[nH]1. The number of H-pyrrole nitrogens is 1. The van der Waals surface area contributed by atoms with Gasteiger partial charge in [0.2, 0.25) is 0 Å². The van der Waals surface area contributed by atoms with Gasteiger partial charge in [-0.1, -0.05) is 36.0 Å². The summed E-state index contributed by atoms with van der Waals surface area (Å²) in [6.45, 7) is 0. The molecule has 1 aromatic heterocycles. The maximum Gasteiger partial charge on any atom is 0.166 e. The normalized spacial score (nSPS) is 11.5. The van der Waals surface area contributed by atoms with Crippen LogP contribution in [0.1, 0.15) is 0 Å². The van der Waals surface area contributed by atoms with Crippen LogP contribution >= 0.6 is 23.4 Å². The number of alkyl halides is 1. The largest absolute Gasteiger partial charge is 0.333 e. The number of para-hydroxylation sites is 2. The van der Waals surface area contributed by atoms with Crippen LogP contribution < -0.4 is 0 Å². The summed E-state index contributed by atoms with van der Waals surface area (Å²) in [5, 5.41) is 0.954. The Morgan fingerprint density at radius 3 is 3.00 bits per heavy atom. The molecule has 1 N–H and O–H groups in total. The molecular weight excluding hydrogens is 228 g/mol. The molecule has 0 radical (unpaired) electrons. The van der Waals surface area contributed by atoms with Crippen LogP contribution in [0.4, 0.5) is 0 Å². The molecule has 0 saturated carbocycles. The maximum absolute atomic E-state index is 5.53. The highest BCUT2D eigenvalue weighted by atomic mass is 35.5. The molecule has 0 aliphatic rings. The van der Waals surface area contributed by atoms with Crippen LogP contribution in [-0.4, -0.2) is 21.6 Å². The number of nitrogens with one attached hydrogen (secondary N) is 1. The predicted octanol–water partition coefficient (Wildman–Crippen LogP) is 3.45. The molecule has 0 amide bonds. The van der Waals surface area contributed by atoms with Crippen LogP contribution in [0.25, 0.3) is 11.0 Å². The number of nitrogens with zero attached hydrogens (tertiary/aromatic N) is 1. The Morgan fingerprint density at radius 2 is 2.20 bits per heavy atom. The van der Waals surface area contributed by atoms with E-state index in [1.54, 1.807) is 11.8 Å². The van der Waals surface area contributed by atoms with E-state index >= 15 is 0 Å². The van der Waals surface area contributed by atoms with Crippen molar-refractivity contribution in [1.29, 1.82) is 0 Å². The molecule has 2 rings (SSSR count). The van der Waals surface area contributed by atoms with Crippen molar-refractivity contribution in [3.05, 3.63) is 36.4 Å². The van der Waals surface area contributed by atoms with Gasteiger partial charge in [0.1, 0.15) is 0 Å². The second-order valence-electron chi connectivity index (χ2n) is 3.00. The van der Waals surface area contributed by atoms with E-state index in [0.717, 1.165) is 21.9 Å². The second-order valence-corrected chi connectivity index (χ2v) is 4.31. The summed E-state index contributed by atoms with van der Waals surface area (Å²) in [4.78, 5) is 7.71. The fraction of sp³-hybridized carbons (Fsp3) is 0.182. The fourth-order valence-electron chi connectivity index (χ4n) is 1.26. The maximum atomic E-state index is 5.53. The summed E-state index contributed by atoms with van der Waals surface area (Å²) < 4.78 is 0. The fourth-order valence-corrected chi connectivity index (χ4v) is 2.12. The number of thioether (sulfide) groups is 1. The Kier molecular flexibility index (Phi) is 3.69. The average molecular weight is 239 g/mol. The van der Waals surface area contributed by atoms with E-state index in [1.165, 1.54) is 0 Å². The first kappa shape index (κ1) is 10.6. The highest BCUT2D eigenvalue weighted by molar-refractivity contribution is 7.99. The van der Waals surface area contributed by atoms with E-state index < -0.39 is 0 Å². The predicted molar refractivity (Wildman–Crippen MR) is 66.7 cm³/mol. The molecule has 0 saturated heterocycles. The zero-order chi connectivity index (χ0) is 10.5. The molecule has 0 aliphatic carbocycles. The first-order valence-electron chi connectivity index (χ1n) is 4.68. The minimum atomic E-state index is 0.570. The molecule has 0 unspecified atom stereocenters. The lowest BCUT2D eigenvalue weighted by atomic mass is 10.3. The lowest BCUT2D eigenvalue weighted by molar-refractivity contribution is 1.08. The lowest BCUT2D eigenvalue weighted by Crippen LogP contribution is -1.76. The number of benzene rings is 1. The number of hydrogen-bond donors (Lipinski definition) is 1. The molecule has 1 heterocycles. The van der Waals surface area contributed by atoms with E-state index in [-0.39, 0.29) is 0 Å². The van der Waals surface area contributed by atoms with Gasteiger partial charge in [0.05, 0.1) is 11.0 Å². The molecule has 4 heteroatoms. The number of aromatic amines is 1. The first-order valence-corrected chi connectivity index (χ1v) is 6.20. The minimum Gasteiger partial charge on any atom is -0.333 e. The number of fused-ring (bicyclic) bond motifs is 1. The zero-order valence-electron chi connectivity index (χ0n) is 8.11. The molecule has 0 spiro atoms. The van der Waals surface area contributed by atoms with E-state index in [9.17, 15) is 0 Å². The Balaban J connectivity index is 2.05. The molecule has 15 heavy (non-hydrogen) atoms. The van der Waals surface area contributed by atoms with Crippen molar-refractivity contribution >= 4 is 34.4 Å². The third kappa shape index (κ3) is 2.76. The lowest BCUT2D eigenvalue weighted by Gasteiger charge is -1.89. The molecule has 2 aromatic rings. The van der Waals surface area contributed by atoms with Gasteiger partial charge in [0, 0.05) is 11.6 Å². The molecule has 78 valence electrons. The van der Waals surface area contributed by atoms with Gasteiger partial charge in [-0.2, -0.15) is 0 Å². The van der Waals surface area contributed by atoms with E-state index in [4.69, 9.17) is 11.6 Å². The molecular formula is C11H11ClN2S. The van der Waals surface area contributed by atoms with Crippen molar-refractivity contribution in [1.82, 2.24) is 9.97 Å². The Morgan fingerprint density at radius 1 is 1.33 bits per heavy atom. The highest BCUT2D eigenvalue weighted by Crippen LogP contribution is 2.18. The van der Waals surface area contributed by atoms with Crippen molar-refractivity contribution < 1.29 is 0 Å². The molecule has 0 atom stereocenters. The van der Waals surface area contributed by atoms with Crippen LogP contribution in [-0.2, 0) is 0 Å². The van der Waals surface area contributed by atoms with Gasteiger partial charge in [-0.05, 0) is 12.1 Å². The second kappa shape index (κ2) is 5.24. The van der Waals surface area contributed by atoms with Crippen LogP contribution in [0.3, 0.4) is 0 Å². The third-order valence-electron chi connectivity index (χ3n) is 1.94. The van der Waals surface area contributed by atoms with Crippen molar-refractivity contribution in [2.75, 3.05) is 11.6 Å². The van der Waals surface area contributed by atoms with E-state index in [1.807, 2.05) is 36.4 Å². The van der Waals surface area contributed by atoms with Gasteiger partial charge in [0.25, 0.3) is 0 Å². The van der Waals surface area contributed by atoms with Crippen LogP contribution in [0.5, 0.6) is 0 Å². The first-order chi connectivity index (χ1) is 7.40. The molecule has 2 nitrogen and oxygen atoms in total. The van der Waals surface area contributed by atoms with E-state index in [0.29, 0.717) is 5.88 Å². The topological polar surface area (TPSA) is 28.7 Å². The molecule has 1 aromatic carbocycles. The van der Waals surface area contributed by atoms with Gasteiger partial charge in [-0.3, -0.25) is 0 Å². The van der Waals surface area contributed by atoms with Crippen LogP contribution in [0.2, 0.25) is 0 Å². The van der Waals surface area contributed by atoms with Gasteiger partial charge in [-0.25, -0.2) is 4.98 Å². The highest BCUT2D eigenvalue weighted by Gasteiger charge is 2.00. The monoisotopic (exact) mass is 238 g/mol. The van der Waals surface area contributed by atoms with Gasteiger partial charge in [-0.15, -0.1) is 11.6 Å². The Hall–Kier alpha value is -0.930. The van der Waals surface area contributed by atoms with E-state index in [2.05, 4.69) is 9.97 Å². The third-order valence-corrected chi connectivity index (χ3v) is 2.94. The van der Waals surface area contributed by atoms with Crippen molar-refractivity contribution in [2.24, 2.45) is 0 Å². The molecule has 0 fully saturated rings. The van der Waals surface area contributed by atoms with Gasteiger partial charge in [0.15, 0.2) is 5.16 Å². The number of hydrogen-bond acceptors (Lipinski definition) is 2. The minimum absolute atomic E-state index is 0.570. The summed E-state index contributed by atoms with van der Waals surface area (Å²) in [7, 11) is 0. The Labute approximate surface area is 97.7 Å². The summed E-state index contributed by atoms with van der Waals surface area (Å²) in [5.41, 5.74) is 2.10. The van der Waals surface area contributed by atoms with Crippen molar-refractivity contribution in [3.8, 4) is 0 Å². The Bertz CT molecular complexity index is 431. The van der Waals surface area contributed by atoms with Gasteiger partial charge < -0.3 is 4.98 Å². The number of halogens is 1. The van der Waals surface area contributed by atoms with Gasteiger partial charge >= 0.3 is 0 Å². The number of allylic oxidation sites excluding steroid dienone is 1. The van der Waals surface area contributed by atoms with Crippen molar-refractivity contribution in [3.63, 3.8) is 0 Å². The number of imidazole rings is 1. The summed E-state index contributed by atoms with van der Waals surface area (Å²) in [5.74, 6) is 1.47. The standard InChI is InChI=1S/C11H11ClN2S/c12-7-3-4-8-15-11-13-9-5-1-2-6-10(9)14-11/h1-6H,7-8H2,(H,13,14). The smallest absolute Gasteiger partial charge is 0.166 e.